The Morgan fingerprint density at radius 3 is 2.12 bits per heavy atom. The molecule has 2 nitrogen and oxygen atoms in total. The van der Waals surface area contributed by atoms with Crippen LogP contribution in [-0.2, 0) is 0 Å². The predicted molar refractivity (Wildman–Crippen MR) is 88.1 cm³/mol. The van der Waals surface area contributed by atoms with Crippen molar-refractivity contribution in [3.63, 3.8) is 0 Å². The third kappa shape index (κ3) is 8.67. The molecule has 1 fully saturated rings. The molecule has 0 unspecified atom stereocenters. The molecule has 0 radical (unpaired) electrons. The Bertz CT molecular complexity index is 173. The highest BCUT2D eigenvalue weighted by atomic mass is 127. The largest absolute Gasteiger partial charge is 0.304 e. The summed E-state index contributed by atoms with van der Waals surface area (Å²) in [5.41, 5.74) is 0. The number of nitrogens with zero attached hydrogens (tertiary/aromatic N) is 2. The van der Waals surface area contributed by atoms with Gasteiger partial charge in [-0.1, -0.05) is 34.6 Å². The second-order valence-electron chi connectivity index (χ2n) is 5.08. The van der Waals surface area contributed by atoms with Gasteiger partial charge in [-0.25, -0.2) is 0 Å². The van der Waals surface area contributed by atoms with Crippen LogP contribution in [0.3, 0.4) is 0 Å². The summed E-state index contributed by atoms with van der Waals surface area (Å²) < 4.78 is 0. The summed E-state index contributed by atoms with van der Waals surface area (Å²) >= 11 is 2.40. The monoisotopic (exact) mass is 370 g/mol. The quantitative estimate of drug-likeness (QED) is 0.452. The van der Waals surface area contributed by atoms with Gasteiger partial charge in [-0.15, -0.1) is 0 Å². The van der Waals surface area contributed by atoms with Gasteiger partial charge in [-0.05, 0) is 47.6 Å². The topological polar surface area (TPSA) is 6.48 Å². The van der Waals surface area contributed by atoms with Gasteiger partial charge < -0.3 is 9.80 Å². The Morgan fingerprint density at radius 1 is 0.882 bits per heavy atom. The van der Waals surface area contributed by atoms with Crippen molar-refractivity contribution in [2.24, 2.45) is 0 Å². The Morgan fingerprint density at radius 2 is 1.47 bits per heavy atom. The highest BCUT2D eigenvalue weighted by molar-refractivity contribution is 14.2. The lowest BCUT2D eigenvalue weighted by atomic mass is 10.1. The van der Waals surface area contributed by atoms with Crippen LogP contribution in [0.25, 0.3) is 0 Å². The Hall–Kier alpha value is 1.00. The molecular weight excluding hydrogens is 343 g/mol. The van der Waals surface area contributed by atoms with Crippen LogP contribution in [0.5, 0.6) is 0 Å². The van der Waals surface area contributed by atoms with Crippen LogP contribution in [0, 0.1) is 0 Å². The first-order valence-corrected chi connectivity index (χ1v) is 10.5. The maximum atomic E-state index is 2.63. The van der Waals surface area contributed by atoms with Gasteiger partial charge in [-0.3, -0.25) is 0 Å². The van der Waals surface area contributed by atoms with Gasteiger partial charge in [0.05, 0.1) is 0 Å². The summed E-state index contributed by atoms with van der Waals surface area (Å²) in [4.78, 5) is 5.06. The SMILES string of the molecule is CN1CCN(CCCCCCCCSI)CC1. The van der Waals surface area contributed by atoms with Crippen molar-refractivity contribution in [2.45, 2.75) is 38.5 Å². The van der Waals surface area contributed by atoms with Gasteiger partial charge in [0.25, 0.3) is 0 Å². The zero-order valence-electron chi connectivity index (χ0n) is 11.2. The van der Waals surface area contributed by atoms with Gasteiger partial charge in [-0.2, -0.15) is 0 Å². The van der Waals surface area contributed by atoms with Crippen molar-refractivity contribution in [2.75, 3.05) is 45.5 Å². The fourth-order valence-electron chi connectivity index (χ4n) is 2.27. The fraction of sp³-hybridized carbons (Fsp3) is 1.00. The molecule has 0 bridgehead atoms. The first kappa shape index (κ1) is 16.1. The van der Waals surface area contributed by atoms with Crippen LogP contribution in [0.15, 0.2) is 0 Å². The standard InChI is InChI=1S/C13H27IN2S/c1-15-9-11-16(12-10-15)8-6-4-2-3-5-7-13-17-14/h2-13H2,1H3. The first-order valence-electron chi connectivity index (χ1n) is 6.97. The minimum Gasteiger partial charge on any atom is -0.304 e. The fourth-order valence-corrected chi connectivity index (χ4v) is 3.52. The lowest BCUT2D eigenvalue weighted by molar-refractivity contribution is 0.152. The molecule has 1 aliphatic heterocycles. The maximum absolute atomic E-state index is 2.63. The highest BCUT2D eigenvalue weighted by Crippen LogP contribution is 2.15. The molecule has 0 atom stereocenters. The minimum absolute atomic E-state index is 1.26. The number of likely N-dealkylation sites (N-methyl/N-ethyl adjacent to an activating group) is 1. The number of halogens is 1. The molecule has 0 spiro atoms. The van der Waals surface area contributed by atoms with E-state index in [4.69, 9.17) is 0 Å². The predicted octanol–water partition coefficient (Wildman–Crippen LogP) is 3.66. The van der Waals surface area contributed by atoms with E-state index in [0.29, 0.717) is 0 Å². The van der Waals surface area contributed by atoms with Crippen molar-refractivity contribution in [3.8, 4) is 0 Å². The normalized spacial score (nSPS) is 18.7. The van der Waals surface area contributed by atoms with E-state index < -0.39 is 0 Å². The maximum Gasteiger partial charge on any atom is 0.0110 e. The molecule has 17 heavy (non-hydrogen) atoms. The third-order valence-electron chi connectivity index (χ3n) is 3.54. The Balaban J connectivity index is 1.81. The number of rotatable bonds is 9. The van der Waals surface area contributed by atoms with Gasteiger partial charge >= 0.3 is 0 Å². The zero-order chi connectivity index (χ0) is 12.3. The van der Waals surface area contributed by atoms with E-state index in [1.54, 1.807) is 0 Å². The van der Waals surface area contributed by atoms with E-state index in [9.17, 15) is 0 Å². The van der Waals surface area contributed by atoms with Crippen molar-refractivity contribution in [3.05, 3.63) is 0 Å². The van der Waals surface area contributed by atoms with Crippen LogP contribution < -0.4 is 0 Å². The number of unbranched alkanes of at least 4 members (excludes halogenated alkanes) is 5. The summed E-state index contributed by atoms with van der Waals surface area (Å²) in [6, 6.07) is 0. The summed E-state index contributed by atoms with van der Waals surface area (Å²) in [5.74, 6) is 1.34. The van der Waals surface area contributed by atoms with Gasteiger partial charge in [0.1, 0.15) is 0 Å². The van der Waals surface area contributed by atoms with Crippen LogP contribution in [-0.4, -0.2) is 55.3 Å². The summed E-state index contributed by atoms with van der Waals surface area (Å²) in [7, 11) is 4.18. The van der Waals surface area contributed by atoms with Crippen LogP contribution >= 0.6 is 30.1 Å². The van der Waals surface area contributed by atoms with E-state index in [0.717, 1.165) is 0 Å². The first-order chi connectivity index (χ1) is 8.33. The van der Waals surface area contributed by atoms with E-state index in [-0.39, 0.29) is 0 Å². The molecule has 0 aromatic rings. The minimum atomic E-state index is 1.26. The average Bonchev–Trinajstić information content (AvgIpc) is 2.35. The molecule has 0 aromatic heterocycles. The molecule has 102 valence electrons. The van der Waals surface area contributed by atoms with E-state index in [1.807, 2.05) is 8.93 Å². The van der Waals surface area contributed by atoms with Gasteiger partial charge in [0.15, 0.2) is 0 Å². The molecular formula is C13H27IN2S. The molecule has 1 aliphatic rings. The second-order valence-corrected chi connectivity index (χ2v) is 7.57. The third-order valence-corrected chi connectivity index (χ3v) is 5.31. The molecule has 1 heterocycles. The van der Waals surface area contributed by atoms with Crippen LogP contribution in [0.1, 0.15) is 38.5 Å². The van der Waals surface area contributed by atoms with E-state index in [1.165, 1.54) is 77.0 Å². The lowest BCUT2D eigenvalue weighted by Crippen LogP contribution is -2.44. The van der Waals surface area contributed by atoms with Crippen molar-refractivity contribution in [1.29, 1.82) is 0 Å². The highest BCUT2D eigenvalue weighted by Gasteiger charge is 2.12. The molecule has 1 rings (SSSR count). The number of piperazine rings is 1. The smallest absolute Gasteiger partial charge is 0.0110 e. The van der Waals surface area contributed by atoms with Crippen LogP contribution in [0.2, 0.25) is 0 Å². The summed E-state index contributed by atoms with van der Waals surface area (Å²) in [5, 5.41) is 0. The van der Waals surface area contributed by atoms with Crippen LogP contribution in [0.4, 0.5) is 0 Å². The summed E-state index contributed by atoms with van der Waals surface area (Å²) in [6.45, 7) is 6.41. The number of hydrogen-bond donors (Lipinski definition) is 0. The van der Waals surface area contributed by atoms with Crippen molar-refractivity contribution in [1.82, 2.24) is 9.80 Å². The molecule has 0 amide bonds. The lowest BCUT2D eigenvalue weighted by Gasteiger charge is -2.32. The molecule has 4 heteroatoms. The Kier molecular flexibility index (Phi) is 10.3. The molecule has 0 N–H and O–H groups in total. The molecule has 1 saturated heterocycles. The van der Waals surface area contributed by atoms with Crippen molar-refractivity contribution >= 4 is 30.1 Å². The second kappa shape index (κ2) is 10.9. The number of hydrogen-bond acceptors (Lipinski definition) is 3. The molecule has 0 saturated carbocycles. The van der Waals surface area contributed by atoms with Gasteiger partial charge in [0, 0.05) is 31.9 Å². The average molecular weight is 370 g/mol. The van der Waals surface area contributed by atoms with Crippen molar-refractivity contribution < 1.29 is 0 Å². The Labute approximate surface area is 123 Å². The summed E-state index contributed by atoms with van der Waals surface area (Å²) in [6.07, 6.45) is 8.57. The molecule has 0 aliphatic carbocycles. The zero-order valence-corrected chi connectivity index (χ0v) is 14.1. The van der Waals surface area contributed by atoms with E-state index >= 15 is 0 Å². The van der Waals surface area contributed by atoms with Gasteiger partial charge in [0.2, 0.25) is 0 Å². The van der Waals surface area contributed by atoms with E-state index in [2.05, 4.69) is 38.1 Å². The molecule has 0 aromatic carbocycles.